The molecule has 0 bridgehead atoms. The zero-order valence-corrected chi connectivity index (χ0v) is 12.4. The minimum absolute atomic E-state index is 0.131. The first kappa shape index (κ1) is 13.6. The number of hydrogen-bond acceptors (Lipinski definition) is 6. The van der Waals surface area contributed by atoms with Crippen molar-refractivity contribution in [2.75, 3.05) is 12.4 Å². The molecule has 0 aliphatic carbocycles. The zero-order chi connectivity index (χ0) is 14.8. The van der Waals surface area contributed by atoms with Crippen LogP contribution in [0.15, 0.2) is 28.7 Å². The second kappa shape index (κ2) is 5.53. The summed E-state index contributed by atoms with van der Waals surface area (Å²) in [6.45, 7) is 1.98. The van der Waals surface area contributed by atoms with E-state index in [2.05, 4.69) is 15.5 Å². The van der Waals surface area contributed by atoms with Crippen LogP contribution < -0.4 is 10.1 Å². The van der Waals surface area contributed by atoms with Gasteiger partial charge in [-0.15, -0.1) is 10.2 Å². The highest BCUT2D eigenvalue weighted by Crippen LogP contribution is 2.33. The molecular weight excluding hydrogens is 290 g/mol. The van der Waals surface area contributed by atoms with Crippen molar-refractivity contribution in [2.45, 2.75) is 13.3 Å². The van der Waals surface area contributed by atoms with Crippen molar-refractivity contribution in [1.82, 2.24) is 10.2 Å². The van der Waals surface area contributed by atoms with Gasteiger partial charge in [-0.05, 0) is 18.6 Å². The van der Waals surface area contributed by atoms with Crippen LogP contribution in [0.25, 0.3) is 11.0 Å². The molecule has 1 N–H and O–H groups in total. The summed E-state index contributed by atoms with van der Waals surface area (Å²) in [6, 6.07) is 7.33. The van der Waals surface area contributed by atoms with E-state index in [0.29, 0.717) is 16.5 Å². The first-order valence-electron chi connectivity index (χ1n) is 6.42. The molecule has 0 saturated carbocycles. The maximum Gasteiger partial charge on any atom is 0.297 e. The van der Waals surface area contributed by atoms with Crippen LogP contribution >= 0.6 is 11.3 Å². The first-order chi connectivity index (χ1) is 10.2. The highest BCUT2D eigenvalue weighted by Gasteiger charge is 2.22. The van der Waals surface area contributed by atoms with E-state index >= 15 is 0 Å². The van der Waals surface area contributed by atoms with Crippen LogP contribution in [0.2, 0.25) is 0 Å². The Hall–Kier alpha value is -2.41. The van der Waals surface area contributed by atoms with Gasteiger partial charge in [-0.1, -0.05) is 30.4 Å². The monoisotopic (exact) mass is 303 g/mol. The van der Waals surface area contributed by atoms with Crippen LogP contribution in [0, 0.1) is 0 Å². The Morgan fingerprint density at radius 3 is 2.90 bits per heavy atom. The maximum absolute atomic E-state index is 12.3. The third-order valence-electron chi connectivity index (χ3n) is 2.95. The number of anilines is 1. The molecule has 0 atom stereocenters. The van der Waals surface area contributed by atoms with Gasteiger partial charge in [0.15, 0.2) is 5.75 Å². The van der Waals surface area contributed by atoms with Gasteiger partial charge in [-0.2, -0.15) is 0 Å². The van der Waals surface area contributed by atoms with Gasteiger partial charge in [0.25, 0.3) is 5.91 Å². The number of fused-ring (bicyclic) bond motifs is 1. The number of furan rings is 1. The number of nitrogens with zero attached hydrogens (tertiary/aromatic N) is 2. The van der Waals surface area contributed by atoms with Crippen molar-refractivity contribution in [1.29, 1.82) is 0 Å². The number of amides is 1. The lowest BCUT2D eigenvalue weighted by molar-refractivity contribution is 0.0994. The van der Waals surface area contributed by atoms with Gasteiger partial charge < -0.3 is 9.15 Å². The number of carbonyl (C=O) groups excluding carboxylic acids is 1. The van der Waals surface area contributed by atoms with Gasteiger partial charge in [0, 0.05) is 0 Å². The summed E-state index contributed by atoms with van der Waals surface area (Å²) in [5.74, 6) is 0.150. The Bertz CT molecular complexity index is 794. The second-order valence-electron chi connectivity index (χ2n) is 4.27. The van der Waals surface area contributed by atoms with Crippen LogP contribution in [0.5, 0.6) is 5.75 Å². The molecule has 0 unspecified atom stereocenters. The fraction of sp³-hybridized carbons (Fsp3) is 0.214. The lowest BCUT2D eigenvalue weighted by atomic mass is 10.2. The topological polar surface area (TPSA) is 77.3 Å². The van der Waals surface area contributed by atoms with E-state index in [1.807, 2.05) is 25.1 Å². The van der Waals surface area contributed by atoms with Gasteiger partial charge >= 0.3 is 0 Å². The fourth-order valence-corrected chi connectivity index (χ4v) is 2.65. The largest absolute Gasteiger partial charge is 0.492 e. The summed E-state index contributed by atoms with van der Waals surface area (Å²) < 4.78 is 10.9. The van der Waals surface area contributed by atoms with Crippen LogP contribution in [0.3, 0.4) is 0 Å². The summed E-state index contributed by atoms with van der Waals surface area (Å²) in [4.78, 5) is 12.3. The van der Waals surface area contributed by atoms with Crippen LogP contribution in [-0.4, -0.2) is 23.2 Å². The number of nitrogens with one attached hydrogen (secondary N) is 1. The Morgan fingerprint density at radius 1 is 1.38 bits per heavy atom. The normalized spacial score (nSPS) is 10.8. The third-order valence-corrected chi connectivity index (χ3v) is 3.93. The number of benzene rings is 1. The molecule has 2 aromatic heterocycles. The van der Waals surface area contributed by atoms with E-state index in [1.165, 1.54) is 18.4 Å². The van der Waals surface area contributed by atoms with E-state index in [0.717, 1.165) is 16.8 Å². The Labute approximate surface area is 124 Å². The number of aromatic nitrogens is 2. The first-order valence-corrected chi connectivity index (χ1v) is 7.23. The number of aryl methyl sites for hydroxylation is 1. The molecule has 0 saturated heterocycles. The van der Waals surface area contributed by atoms with E-state index in [9.17, 15) is 4.79 Å². The van der Waals surface area contributed by atoms with Gasteiger partial charge in [0.2, 0.25) is 10.9 Å². The van der Waals surface area contributed by atoms with E-state index in [-0.39, 0.29) is 5.76 Å². The molecule has 3 aromatic rings. The lowest BCUT2D eigenvalue weighted by Crippen LogP contribution is -2.11. The number of methoxy groups -OCH3 is 1. The molecule has 7 heteroatoms. The Balaban J connectivity index is 1.93. The quantitative estimate of drug-likeness (QED) is 0.801. The Morgan fingerprint density at radius 2 is 2.19 bits per heavy atom. The second-order valence-corrected chi connectivity index (χ2v) is 5.33. The van der Waals surface area contributed by atoms with Crippen LogP contribution in [0.4, 0.5) is 5.13 Å². The molecule has 0 aliphatic heterocycles. The predicted octanol–water partition coefficient (Wildman–Crippen LogP) is 3.11. The van der Waals surface area contributed by atoms with E-state index in [4.69, 9.17) is 9.15 Å². The highest BCUT2D eigenvalue weighted by molar-refractivity contribution is 7.15. The molecule has 6 nitrogen and oxygen atoms in total. The maximum atomic E-state index is 12.3. The number of carbonyl (C=O) groups is 1. The molecule has 1 aromatic carbocycles. The minimum Gasteiger partial charge on any atom is -0.492 e. The predicted molar refractivity (Wildman–Crippen MR) is 80.0 cm³/mol. The van der Waals surface area contributed by atoms with E-state index in [1.54, 1.807) is 6.07 Å². The smallest absolute Gasteiger partial charge is 0.297 e. The molecule has 3 rings (SSSR count). The van der Waals surface area contributed by atoms with Crippen molar-refractivity contribution in [3.8, 4) is 5.75 Å². The van der Waals surface area contributed by atoms with Gasteiger partial charge in [0.05, 0.1) is 12.5 Å². The summed E-state index contributed by atoms with van der Waals surface area (Å²) in [5, 5.41) is 12.6. The molecule has 0 aliphatic rings. The van der Waals surface area contributed by atoms with Crippen molar-refractivity contribution < 1.29 is 13.9 Å². The average Bonchev–Trinajstić information content (AvgIpc) is 3.10. The number of para-hydroxylation sites is 1. The SMILES string of the molecule is CCc1nnc(NC(=O)c2oc3ccccc3c2OC)s1. The summed E-state index contributed by atoms with van der Waals surface area (Å²) in [7, 11) is 1.51. The summed E-state index contributed by atoms with van der Waals surface area (Å²) >= 11 is 1.34. The zero-order valence-electron chi connectivity index (χ0n) is 11.5. The van der Waals surface area contributed by atoms with Crippen molar-refractivity contribution in [3.05, 3.63) is 35.0 Å². The average molecular weight is 303 g/mol. The molecule has 21 heavy (non-hydrogen) atoms. The molecule has 2 heterocycles. The number of rotatable bonds is 4. The van der Waals surface area contributed by atoms with Crippen molar-refractivity contribution >= 4 is 33.3 Å². The number of ether oxygens (including phenoxy) is 1. The Kier molecular flexibility index (Phi) is 3.57. The molecule has 0 radical (unpaired) electrons. The highest BCUT2D eigenvalue weighted by atomic mass is 32.1. The molecule has 1 amide bonds. The molecular formula is C14H13N3O3S. The van der Waals surface area contributed by atoms with Crippen molar-refractivity contribution in [3.63, 3.8) is 0 Å². The van der Waals surface area contributed by atoms with Crippen molar-refractivity contribution in [2.24, 2.45) is 0 Å². The van der Waals surface area contributed by atoms with Crippen LogP contribution in [0.1, 0.15) is 22.5 Å². The number of hydrogen-bond donors (Lipinski definition) is 1. The summed E-state index contributed by atoms with van der Waals surface area (Å²) in [6.07, 6.45) is 0.779. The minimum atomic E-state index is -0.401. The molecule has 108 valence electrons. The fourth-order valence-electron chi connectivity index (χ4n) is 1.97. The van der Waals surface area contributed by atoms with Gasteiger partial charge in [-0.3, -0.25) is 10.1 Å². The van der Waals surface area contributed by atoms with Gasteiger partial charge in [0.1, 0.15) is 10.6 Å². The summed E-state index contributed by atoms with van der Waals surface area (Å²) in [5.41, 5.74) is 0.603. The molecule has 0 fully saturated rings. The standard InChI is InChI=1S/C14H13N3O3S/c1-3-10-16-17-14(21-10)15-13(18)12-11(19-2)8-6-4-5-7-9(8)20-12/h4-7H,3H2,1-2H3,(H,15,17,18). The molecule has 0 spiro atoms. The lowest BCUT2D eigenvalue weighted by Gasteiger charge is -2.00. The third kappa shape index (κ3) is 2.47. The van der Waals surface area contributed by atoms with Crippen LogP contribution in [-0.2, 0) is 6.42 Å². The van der Waals surface area contributed by atoms with Gasteiger partial charge in [-0.25, -0.2) is 0 Å². The van der Waals surface area contributed by atoms with E-state index < -0.39 is 5.91 Å².